The summed E-state index contributed by atoms with van der Waals surface area (Å²) >= 11 is 0. The molecule has 1 heterocycles. The highest BCUT2D eigenvalue weighted by Gasteiger charge is 2.30. The van der Waals surface area contributed by atoms with Gasteiger partial charge in [0.2, 0.25) is 0 Å². The van der Waals surface area contributed by atoms with Gasteiger partial charge in [0.15, 0.2) is 0 Å². The Morgan fingerprint density at radius 2 is 2.11 bits per heavy atom. The molecule has 1 aliphatic rings. The molecule has 1 aliphatic heterocycles. The third kappa shape index (κ3) is 3.10. The van der Waals surface area contributed by atoms with Gasteiger partial charge < -0.3 is 5.11 Å². The van der Waals surface area contributed by atoms with Crippen LogP contribution in [0.15, 0.2) is 18.2 Å². The molecule has 1 fully saturated rings. The largest absolute Gasteiger partial charge is 0.481 e. The van der Waals surface area contributed by atoms with Crippen molar-refractivity contribution in [2.75, 3.05) is 13.1 Å². The fourth-order valence-corrected chi connectivity index (χ4v) is 2.72. The summed E-state index contributed by atoms with van der Waals surface area (Å²) in [5.74, 6) is -1.85. The monoisotopic (exact) mass is 269 g/mol. The molecule has 0 saturated carbocycles. The average molecular weight is 269 g/mol. The first-order valence-corrected chi connectivity index (χ1v) is 6.38. The lowest BCUT2D eigenvalue weighted by atomic mass is 10.0. The summed E-state index contributed by atoms with van der Waals surface area (Å²) in [6.07, 6.45) is 0.871. The zero-order valence-corrected chi connectivity index (χ0v) is 10.8. The van der Waals surface area contributed by atoms with Crippen LogP contribution in [-0.4, -0.2) is 29.1 Å². The van der Waals surface area contributed by atoms with Crippen molar-refractivity contribution in [3.63, 3.8) is 0 Å². The van der Waals surface area contributed by atoms with Gasteiger partial charge in [-0.15, -0.1) is 0 Å². The molecular weight excluding hydrogens is 252 g/mol. The van der Waals surface area contributed by atoms with Crippen LogP contribution in [-0.2, 0) is 4.79 Å². The summed E-state index contributed by atoms with van der Waals surface area (Å²) in [6.45, 7) is 3.00. The third-order valence-corrected chi connectivity index (χ3v) is 3.75. The van der Waals surface area contributed by atoms with E-state index in [0.717, 1.165) is 6.42 Å². The molecule has 5 heteroatoms. The fraction of sp³-hybridized carbons (Fsp3) is 0.500. The quantitative estimate of drug-likeness (QED) is 0.913. The van der Waals surface area contributed by atoms with E-state index in [2.05, 4.69) is 0 Å². The van der Waals surface area contributed by atoms with Crippen LogP contribution >= 0.6 is 0 Å². The topological polar surface area (TPSA) is 40.5 Å². The van der Waals surface area contributed by atoms with Crippen molar-refractivity contribution in [2.45, 2.75) is 25.8 Å². The summed E-state index contributed by atoms with van der Waals surface area (Å²) in [5, 5.41) is 8.77. The lowest BCUT2D eigenvalue weighted by Gasteiger charge is -2.25. The second-order valence-electron chi connectivity index (χ2n) is 5.06. The minimum absolute atomic E-state index is 0.0646. The Morgan fingerprint density at radius 1 is 1.47 bits per heavy atom. The SMILES string of the molecule is CC(c1c(F)cccc1F)N1CCC(CC(=O)O)C1. The van der Waals surface area contributed by atoms with E-state index in [1.807, 2.05) is 4.90 Å². The zero-order valence-electron chi connectivity index (χ0n) is 10.8. The van der Waals surface area contributed by atoms with Crippen molar-refractivity contribution in [1.82, 2.24) is 4.90 Å². The van der Waals surface area contributed by atoms with Crippen molar-refractivity contribution < 1.29 is 18.7 Å². The molecule has 0 radical (unpaired) electrons. The molecule has 0 bridgehead atoms. The molecule has 1 N–H and O–H groups in total. The Hall–Kier alpha value is -1.49. The standard InChI is InChI=1S/C14H17F2NO2/c1-9(14-11(15)3-2-4-12(14)16)17-6-5-10(8-17)7-13(18)19/h2-4,9-10H,5-8H2,1H3,(H,18,19). The van der Waals surface area contributed by atoms with Crippen LogP contribution in [0.2, 0.25) is 0 Å². The Bertz CT molecular complexity index is 458. The van der Waals surface area contributed by atoms with Gasteiger partial charge in [-0.25, -0.2) is 8.78 Å². The van der Waals surface area contributed by atoms with Crippen LogP contribution in [0.5, 0.6) is 0 Å². The summed E-state index contributed by atoms with van der Waals surface area (Å²) in [7, 11) is 0. The summed E-state index contributed by atoms with van der Waals surface area (Å²) in [6, 6.07) is 3.47. The number of benzene rings is 1. The van der Waals surface area contributed by atoms with E-state index in [0.29, 0.717) is 13.1 Å². The highest BCUT2D eigenvalue weighted by atomic mass is 19.1. The minimum atomic E-state index is -0.823. The van der Waals surface area contributed by atoms with Crippen molar-refractivity contribution in [2.24, 2.45) is 5.92 Å². The highest BCUT2D eigenvalue weighted by Crippen LogP contribution is 2.31. The lowest BCUT2D eigenvalue weighted by molar-refractivity contribution is -0.138. The van der Waals surface area contributed by atoms with Crippen LogP contribution in [0.1, 0.15) is 31.4 Å². The summed E-state index contributed by atoms with van der Waals surface area (Å²) in [4.78, 5) is 12.6. The van der Waals surface area contributed by atoms with Crippen LogP contribution in [0.25, 0.3) is 0 Å². The van der Waals surface area contributed by atoms with Gasteiger partial charge in [0.25, 0.3) is 0 Å². The van der Waals surface area contributed by atoms with Crippen molar-refractivity contribution in [1.29, 1.82) is 0 Å². The van der Waals surface area contributed by atoms with Crippen LogP contribution in [0.3, 0.4) is 0 Å². The molecule has 0 amide bonds. The molecule has 19 heavy (non-hydrogen) atoms. The number of rotatable bonds is 4. The number of carboxylic acids is 1. The second kappa shape index (κ2) is 5.65. The molecule has 1 saturated heterocycles. The van der Waals surface area contributed by atoms with Crippen molar-refractivity contribution >= 4 is 5.97 Å². The molecule has 1 aromatic carbocycles. The molecule has 0 aliphatic carbocycles. The van der Waals surface area contributed by atoms with E-state index in [-0.39, 0.29) is 23.9 Å². The fourth-order valence-electron chi connectivity index (χ4n) is 2.72. The van der Waals surface area contributed by atoms with Gasteiger partial charge in [-0.05, 0) is 37.9 Å². The zero-order chi connectivity index (χ0) is 14.0. The van der Waals surface area contributed by atoms with Crippen LogP contribution < -0.4 is 0 Å². The predicted molar refractivity (Wildman–Crippen MR) is 66.7 cm³/mol. The molecule has 104 valence electrons. The maximum Gasteiger partial charge on any atom is 0.303 e. The van der Waals surface area contributed by atoms with Gasteiger partial charge >= 0.3 is 5.97 Å². The molecule has 0 spiro atoms. The first-order chi connectivity index (χ1) is 8.99. The first kappa shape index (κ1) is 13.9. The Balaban J connectivity index is 2.09. The summed E-state index contributed by atoms with van der Waals surface area (Å²) < 4.78 is 27.4. The summed E-state index contributed by atoms with van der Waals surface area (Å²) in [5.41, 5.74) is 0.0680. The number of carboxylic acid groups (broad SMARTS) is 1. The maximum atomic E-state index is 13.7. The van der Waals surface area contributed by atoms with Gasteiger partial charge in [-0.3, -0.25) is 9.69 Å². The van der Waals surface area contributed by atoms with E-state index < -0.39 is 17.6 Å². The number of aliphatic carboxylic acids is 1. The molecule has 2 unspecified atom stereocenters. The smallest absolute Gasteiger partial charge is 0.303 e. The Labute approximate surface area is 110 Å². The normalized spacial score (nSPS) is 21.5. The van der Waals surface area contributed by atoms with Crippen LogP contribution in [0, 0.1) is 17.6 Å². The van der Waals surface area contributed by atoms with Gasteiger partial charge in [0, 0.05) is 24.6 Å². The Kier molecular flexibility index (Phi) is 4.14. The van der Waals surface area contributed by atoms with E-state index in [1.54, 1.807) is 6.92 Å². The van der Waals surface area contributed by atoms with Gasteiger partial charge in [-0.2, -0.15) is 0 Å². The predicted octanol–water partition coefficient (Wildman–Crippen LogP) is 2.82. The van der Waals surface area contributed by atoms with Crippen molar-refractivity contribution in [3.05, 3.63) is 35.4 Å². The molecular formula is C14H17F2NO2. The van der Waals surface area contributed by atoms with Gasteiger partial charge in [-0.1, -0.05) is 6.07 Å². The van der Waals surface area contributed by atoms with Crippen molar-refractivity contribution in [3.8, 4) is 0 Å². The van der Waals surface area contributed by atoms with E-state index >= 15 is 0 Å². The first-order valence-electron chi connectivity index (χ1n) is 6.38. The molecule has 2 rings (SSSR count). The molecule has 2 atom stereocenters. The second-order valence-corrected chi connectivity index (χ2v) is 5.06. The molecule has 0 aromatic heterocycles. The number of likely N-dealkylation sites (tertiary alicyclic amines) is 1. The third-order valence-electron chi connectivity index (χ3n) is 3.75. The van der Waals surface area contributed by atoms with Crippen LogP contribution in [0.4, 0.5) is 8.78 Å². The minimum Gasteiger partial charge on any atom is -0.481 e. The number of halogens is 2. The number of nitrogens with zero attached hydrogens (tertiary/aromatic N) is 1. The number of hydrogen-bond donors (Lipinski definition) is 1. The molecule has 3 nitrogen and oxygen atoms in total. The number of hydrogen-bond acceptors (Lipinski definition) is 2. The van der Waals surface area contributed by atoms with E-state index in [9.17, 15) is 13.6 Å². The van der Waals surface area contributed by atoms with E-state index in [4.69, 9.17) is 5.11 Å². The lowest BCUT2D eigenvalue weighted by Crippen LogP contribution is -2.26. The number of carbonyl (C=O) groups is 1. The van der Waals surface area contributed by atoms with Gasteiger partial charge in [0.1, 0.15) is 11.6 Å². The maximum absolute atomic E-state index is 13.7. The van der Waals surface area contributed by atoms with E-state index in [1.165, 1.54) is 18.2 Å². The van der Waals surface area contributed by atoms with Gasteiger partial charge in [0.05, 0.1) is 0 Å². The Morgan fingerprint density at radius 3 is 2.68 bits per heavy atom. The highest BCUT2D eigenvalue weighted by molar-refractivity contribution is 5.67. The average Bonchev–Trinajstić information content (AvgIpc) is 2.76. The molecule has 1 aromatic rings.